The Morgan fingerprint density at radius 3 is 2.06 bits per heavy atom. The van der Waals surface area contributed by atoms with Crippen LogP contribution in [0.4, 0.5) is 0 Å². The minimum absolute atomic E-state index is 0.952. The van der Waals surface area contributed by atoms with Crippen LogP contribution in [0, 0.1) is 5.92 Å². The quantitative estimate of drug-likeness (QED) is 0.277. The molecule has 0 bridgehead atoms. The molecule has 0 heterocycles. The van der Waals surface area contributed by atoms with Crippen LogP contribution in [0.1, 0.15) is 84.5 Å². The maximum absolute atomic E-state index is 3.81. The molecule has 0 fully saturated rings. The first kappa shape index (κ1) is 15.7. The molecular weight excluding hydrogens is 192 g/mol. The SMILES string of the molecule is C=CCCC(CC)CCCCCCCCC. The van der Waals surface area contributed by atoms with E-state index < -0.39 is 0 Å². The highest BCUT2D eigenvalue weighted by Crippen LogP contribution is 2.19. The Labute approximate surface area is 104 Å². The molecule has 0 rings (SSSR count). The minimum Gasteiger partial charge on any atom is -0.103 e. The Balaban J connectivity index is 3.23. The molecule has 0 amide bonds. The summed E-state index contributed by atoms with van der Waals surface area (Å²) in [6.45, 7) is 8.42. The van der Waals surface area contributed by atoms with Crippen LogP contribution in [0.3, 0.4) is 0 Å². The van der Waals surface area contributed by atoms with Gasteiger partial charge in [-0.15, -0.1) is 6.58 Å². The Hall–Kier alpha value is -0.260. The van der Waals surface area contributed by atoms with Crippen LogP contribution in [0.5, 0.6) is 0 Å². The second-order valence-electron chi connectivity index (χ2n) is 5.05. The number of hydrogen-bond donors (Lipinski definition) is 0. The van der Waals surface area contributed by atoms with Gasteiger partial charge in [-0.25, -0.2) is 0 Å². The highest BCUT2D eigenvalue weighted by Gasteiger charge is 2.04. The Morgan fingerprint density at radius 2 is 1.50 bits per heavy atom. The molecule has 1 unspecified atom stereocenters. The van der Waals surface area contributed by atoms with Gasteiger partial charge in [0.1, 0.15) is 0 Å². The number of hydrogen-bond acceptors (Lipinski definition) is 0. The molecule has 0 heteroatoms. The van der Waals surface area contributed by atoms with Gasteiger partial charge < -0.3 is 0 Å². The van der Waals surface area contributed by atoms with Crippen molar-refractivity contribution in [2.45, 2.75) is 84.5 Å². The van der Waals surface area contributed by atoms with Gasteiger partial charge in [-0.3, -0.25) is 0 Å². The van der Waals surface area contributed by atoms with E-state index in [2.05, 4.69) is 26.5 Å². The van der Waals surface area contributed by atoms with Crippen LogP contribution in [0.15, 0.2) is 12.7 Å². The molecule has 0 radical (unpaired) electrons. The van der Waals surface area contributed by atoms with Crippen molar-refractivity contribution in [2.24, 2.45) is 5.92 Å². The fourth-order valence-electron chi connectivity index (χ4n) is 2.30. The molecule has 0 aromatic carbocycles. The third kappa shape index (κ3) is 10.3. The predicted octanol–water partition coefficient (Wildman–Crippen LogP) is 6.12. The molecule has 0 nitrogen and oxygen atoms in total. The average Bonchev–Trinajstić information content (AvgIpc) is 2.32. The lowest BCUT2D eigenvalue weighted by Crippen LogP contribution is -1.98. The van der Waals surface area contributed by atoms with Crippen LogP contribution in [-0.2, 0) is 0 Å². The molecule has 0 aliphatic rings. The van der Waals surface area contributed by atoms with Crippen molar-refractivity contribution in [1.82, 2.24) is 0 Å². The summed E-state index contributed by atoms with van der Waals surface area (Å²) in [5.41, 5.74) is 0. The van der Waals surface area contributed by atoms with E-state index in [9.17, 15) is 0 Å². The van der Waals surface area contributed by atoms with Gasteiger partial charge in [-0.05, 0) is 18.8 Å². The fourth-order valence-corrected chi connectivity index (χ4v) is 2.30. The zero-order valence-electron chi connectivity index (χ0n) is 11.6. The molecule has 0 aliphatic heterocycles. The Kier molecular flexibility index (Phi) is 12.6. The molecule has 0 aromatic heterocycles. The van der Waals surface area contributed by atoms with E-state index in [1.807, 2.05) is 0 Å². The van der Waals surface area contributed by atoms with Crippen molar-refractivity contribution < 1.29 is 0 Å². The molecule has 0 saturated heterocycles. The summed E-state index contributed by atoms with van der Waals surface area (Å²) in [5, 5.41) is 0. The van der Waals surface area contributed by atoms with Gasteiger partial charge in [-0.1, -0.05) is 77.7 Å². The molecular formula is C16H32. The normalized spacial score (nSPS) is 12.6. The summed E-state index contributed by atoms with van der Waals surface area (Å²) in [6, 6.07) is 0. The molecule has 0 N–H and O–H groups in total. The fraction of sp³-hybridized carbons (Fsp3) is 0.875. The zero-order chi connectivity index (χ0) is 12.1. The molecule has 0 spiro atoms. The third-order valence-corrected chi connectivity index (χ3v) is 3.57. The first-order valence-corrected chi connectivity index (χ1v) is 7.46. The summed E-state index contributed by atoms with van der Waals surface area (Å²) in [4.78, 5) is 0. The van der Waals surface area contributed by atoms with Gasteiger partial charge >= 0.3 is 0 Å². The maximum Gasteiger partial charge on any atom is -0.0351 e. The average molecular weight is 224 g/mol. The second kappa shape index (κ2) is 12.8. The third-order valence-electron chi connectivity index (χ3n) is 3.57. The van der Waals surface area contributed by atoms with E-state index in [0.29, 0.717) is 0 Å². The Morgan fingerprint density at radius 1 is 0.875 bits per heavy atom. The lowest BCUT2D eigenvalue weighted by Gasteiger charge is -2.13. The Bertz CT molecular complexity index is 137. The molecule has 1 atom stereocenters. The predicted molar refractivity (Wildman–Crippen MR) is 75.8 cm³/mol. The van der Waals surface area contributed by atoms with E-state index in [1.165, 1.54) is 70.6 Å². The monoisotopic (exact) mass is 224 g/mol. The molecule has 16 heavy (non-hydrogen) atoms. The van der Waals surface area contributed by atoms with Crippen molar-refractivity contribution >= 4 is 0 Å². The van der Waals surface area contributed by atoms with Gasteiger partial charge in [0.05, 0.1) is 0 Å². The highest BCUT2D eigenvalue weighted by molar-refractivity contribution is 4.69. The van der Waals surface area contributed by atoms with Crippen molar-refractivity contribution in [3.05, 3.63) is 12.7 Å². The van der Waals surface area contributed by atoms with Crippen LogP contribution < -0.4 is 0 Å². The van der Waals surface area contributed by atoms with Gasteiger partial charge in [-0.2, -0.15) is 0 Å². The molecule has 0 saturated carbocycles. The summed E-state index contributed by atoms with van der Waals surface area (Å²) in [6.07, 6.45) is 17.5. The number of rotatable bonds is 12. The summed E-state index contributed by atoms with van der Waals surface area (Å²) < 4.78 is 0. The summed E-state index contributed by atoms with van der Waals surface area (Å²) >= 11 is 0. The van der Waals surface area contributed by atoms with Crippen molar-refractivity contribution in [3.8, 4) is 0 Å². The standard InChI is InChI=1S/C16H32/c1-4-7-9-10-11-12-13-15-16(6-3)14-8-5-2/h5,16H,2,4,6-15H2,1,3H3. The summed E-state index contributed by atoms with van der Waals surface area (Å²) in [5.74, 6) is 0.952. The molecule has 0 aromatic rings. The van der Waals surface area contributed by atoms with Crippen molar-refractivity contribution in [1.29, 1.82) is 0 Å². The van der Waals surface area contributed by atoms with Crippen molar-refractivity contribution in [2.75, 3.05) is 0 Å². The number of unbranched alkanes of at least 4 members (excludes halogenated alkanes) is 6. The van der Waals surface area contributed by atoms with Crippen LogP contribution in [-0.4, -0.2) is 0 Å². The van der Waals surface area contributed by atoms with Crippen LogP contribution in [0.25, 0.3) is 0 Å². The maximum atomic E-state index is 3.81. The van der Waals surface area contributed by atoms with Gasteiger partial charge in [0.25, 0.3) is 0 Å². The molecule has 0 aliphatic carbocycles. The van der Waals surface area contributed by atoms with E-state index in [-0.39, 0.29) is 0 Å². The van der Waals surface area contributed by atoms with Crippen LogP contribution in [0.2, 0.25) is 0 Å². The largest absolute Gasteiger partial charge is 0.103 e. The van der Waals surface area contributed by atoms with E-state index >= 15 is 0 Å². The first-order chi connectivity index (χ1) is 7.85. The highest BCUT2D eigenvalue weighted by atomic mass is 14.1. The smallest absolute Gasteiger partial charge is 0.0351 e. The second-order valence-corrected chi connectivity index (χ2v) is 5.05. The van der Waals surface area contributed by atoms with E-state index in [4.69, 9.17) is 0 Å². The van der Waals surface area contributed by atoms with E-state index in [1.54, 1.807) is 0 Å². The zero-order valence-corrected chi connectivity index (χ0v) is 11.6. The summed E-state index contributed by atoms with van der Waals surface area (Å²) in [7, 11) is 0. The number of allylic oxidation sites excluding steroid dienone is 1. The van der Waals surface area contributed by atoms with Gasteiger partial charge in [0, 0.05) is 0 Å². The van der Waals surface area contributed by atoms with E-state index in [0.717, 1.165) is 5.92 Å². The topological polar surface area (TPSA) is 0 Å². The van der Waals surface area contributed by atoms with Gasteiger partial charge in [0.2, 0.25) is 0 Å². The first-order valence-electron chi connectivity index (χ1n) is 7.46. The lowest BCUT2D eigenvalue weighted by atomic mass is 9.93. The van der Waals surface area contributed by atoms with Crippen molar-refractivity contribution in [3.63, 3.8) is 0 Å². The lowest BCUT2D eigenvalue weighted by molar-refractivity contribution is 0.414. The van der Waals surface area contributed by atoms with Gasteiger partial charge in [0.15, 0.2) is 0 Å². The van der Waals surface area contributed by atoms with Crippen LogP contribution >= 0.6 is 0 Å². The minimum atomic E-state index is 0.952. The molecule has 96 valence electrons.